The number of hydrogen-bond donors (Lipinski definition) is 2. The summed E-state index contributed by atoms with van der Waals surface area (Å²) >= 11 is 6.46. The molecule has 34 heavy (non-hydrogen) atoms. The standard InChI is InChI=1S/C22H18ClF3N6O2/c1-11-6-16(28)31-18(17(11)22(24,25)26)12-8-15-13(7-14(12)23)19(30-10-29-15)21(9-27)2-4-32(5-3-21)20(33)34/h6-8,10H,2-5H2,1H3,(H2,28,31)(H,33,34). The number of pyridine rings is 1. The number of anilines is 1. The van der Waals surface area contributed by atoms with Gasteiger partial charge in [-0.15, -0.1) is 0 Å². The van der Waals surface area contributed by atoms with Crippen molar-refractivity contribution in [3.05, 3.63) is 46.4 Å². The van der Waals surface area contributed by atoms with Crippen LogP contribution in [-0.2, 0) is 11.6 Å². The number of nitrogens with zero attached hydrogens (tertiary/aromatic N) is 5. The number of halogens is 4. The van der Waals surface area contributed by atoms with E-state index in [2.05, 4.69) is 21.0 Å². The van der Waals surface area contributed by atoms with E-state index >= 15 is 0 Å². The first-order chi connectivity index (χ1) is 16.0. The fourth-order valence-corrected chi connectivity index (χ4v) is 4.62. The molecule has 0 aliphatic carbocycles. The minimum Gasteiger partial charge on any atom is -0.465 e. The van der Waals surface area contributed by atoms with E-state index in [9.17, 15) is 28.3 Å². The summed E-state index contributed by atoms with van der Waals surface area (Å²) in [5.74, 6) is -0.0892. The third kappa shape index (κ3) is 3.94. The summed E-state index contributed by atoms with van der Waals surface area (Å²) < 4.78 is 41.5. The highest BCUT2D eigenvalue weighted by atomic mass is 35.5. The Labute approximate surface area is 196 Å². The van der Waals surface area contributed by atoms with Crippen molar-refractivity contribution in [3.8, 4) is 17.3 Å². The van der Waals surface area contributed by atoms with Crippen molar-refractivity contribution in [2.24, 2.45) is 0 Å². The first kappa shape index (κ1) is 23.5. The molecule has 12 heteroatoms. The number of carboxylic acid groups (broad SMARTS) is 1. The van der Waals surface area contributed by atoms with Crippen LogP contribution in [0, 0.1) is 18.3 Å². The van der Waals surface area contributed by atoms with E-state index in [0.717, 1.165) is 6.07 Å². The van der Waals surface area contributed by atoms with Crippen LogP contribution in [0.25, 0.3) is 22.2 Å². The Balaban J connectivity index is 1.89. The van der Waals surface area contributed by atoms with Crippen LogP contribution in [0.5, 0.6) is 0 Å². The Morgan fingerprint density at radius 2 is 1.94 bits per heavy atom. The second-order valence-corrected chi connectivity index (χ2v) is 8.53. The number of benzene rings is 1. The first-order valence-electron chi connectivity index (χ1n) is 10.2. The summed E-state index contributed by atoms with van der Waals surface area (Å²) in [6.07, 6.45) is -4.14. The average molecular weight is 491 g/mol. The number of nitriles is 1. The van der Waals surface area contributed by atoms with Crippen LogP contribution in [0.3, 0.4) is 0 Å². The zero-order valence-electron chi connectivity index (χ0n) is 17.8. The van der Waals surface area contributed by atoms with Crippen LogP contribution in [-0.4, -0.2) is 44.1 Å². The highest BCUT2D eigenvalue weighted by Crippen LogP contribution is 2.43. The number of piperidine rings is 1. The molecule has 3 aromatic rings. The molecule has 8 nitrogen and oxygen atoms in total. The van der Waals surface area contributed by atoms with Crippen LogP contribution >= 0.6 is 11.6 Å². The number of hydrogen-bond acceptors (Lipinski definition) is 6. The molecule has 0 unspecified atom stereocenters. The molecule has 1 amide bonds. The predicted molar refractivity (Wildman–Crippen MR) is 118 cm³/mol. The van der Waals surface area contributed by atoms with Crippen molar-refractivity contribution < 1.29 is 23.1 Å². The van der Waals surface area contributed by atoms with Crippen molar-refractivity contribution in [2.75, 3.05) is 18.8 Å². The molecule has 176 valence electrons. The molecule has 3 heterocycles. The fraction of sp³-hybridized carbons (Fsp3) is 0.318. The molecule has 1 aliphatic rings. The van der Waals surface area contributed by atoms with Crippen molar-refractivity contribution in [1.82, 2.24) is 19.9 Å². The smallest absolute Gasteiger partial charge is 0.418 e. The molecule has 3 N–H and O–H groups in total. The number of alkyl halides is 3. The molecule has 1 aromatic carbocycles. The molecular weight excluding hydrogens is 473 g/mol. The number of likely N-dealkylation sites (tertiary alicyclic amines) is 1. The van der Waals surface area contributed by atoms with Crippen LogP contribution in [0.1, 0.15) is 29.7 Å². The van der Waals surface area contributed by atoms with Gasteiger partial charge < -0.3 is 15.7 Å². The average Bonchev–Trinajstić information content (AvgIpc) is 2.76. The number of rotatable bonds is 2. The van der Waals surface area contributed by atoms with E-state index in [-0.39, 0.29) is 53.4 Å². The molecular formula is C22H18ClF3N6O2. The van der Waals surface area contributed by atoms with Gasteiger partial charge in [0.25, 0.3) is 0 Å². The second kappa shape index (κ2) is 8.29. The van der Waals surface area contributed by atoms with Gasteiger partial charge in [-0.3, -0.25) is 0 Å². The Hall–Kier alpha value is -3.65. The van der Waals surface area contributed by atoms with Gasteiger partial charge in [-0.1, -0.05) is 11.6 Å². The van der Waals surface area contributed by atoms with Gasteiger partial charge in [0, 0.05) is 24.0 Å². The molecule has 1 saturated heterocycles. The Morgan fingerprint density at radius 3 is 2.53 bits per heavy atom. The fourth-order valence-electron chi connectivity index (χ4n) is 4.37. The van der Waals surface area contributed by atoms with Gasteiger partial charge in [0.05, 0.1) is 33.6 Å². The van der Waals surface area contributed by atoms with Gasteiger partial charge in [0.1, 0.15) is 17.6 Å². The number of fused-ring (bicyclic) bond motifs is 1. The maximum absolute atomic E-state index is 13.8. The van der Waals surface area contributed by atoms with Gasteiger partial charge in [-0.2, -0.15) is 18.4 Å². The lowest BCUT2D eigenvalue weighted by Gasteiger charge is -2.35. The highest BCUT2D eigenvalue weighted by molar-refractivity contribution is 6.34. The van der Waals surface area contributed by atoms with E-state index < -0.39 is 28.9 Å². The topological polar surface area (TPSA) is 129 Å². The predicted octanol–water partition coefficient (Wildman–Crippen LogP) is 4.79. The van der Waals surface area contributed by atoms with Gasteiger partial charge in [0.2, 0.25) is 0 Å². The largest absolute Gasteiger partial charge is 0.465 e. The van der Waals surface area contributed by atoms with E-state index in [0.29, 0.717) is 11.1 Å². The second-order valence-electron chi connectivity index (χ2n) is 8.12. The molecule has 0 spiro atoms. The lowest BCUT2D eigenvalue weighted by molar-refractivity contribution is -0.137. The number of carbonyl (C=O) groups is 1. The lowest BCUT2D eigenvalue weighted by Crippen LogP contribution is -2.44. The van der Waals surface area contributed by atoms with Gasteiger partial charge in [-0.05, 0) is 43.5 Å². The van der Waals surface area contributed by atoms with Gasteiger partial charge in [-0.25, -0.2) is 19.7 Å². The third-order valence-electron chi connectivity index (χ3n) is 6.05. The highest BCUT2D eigenvalue weighted by Gasteiger charge is 2.41. The quantitative estimate of drug-likeness (QED) is 0.528. The summed E-state index contributed by atoms with van der Waals surface area (Å²) in [6, 6.07) is 6.20. The summed E-state index contributed by atoms with van der Waals surface area (Å²) in [6.45, 7) is 1.57. The molecule has 0 bridgehead atoms. The van der Waals surface area contributed by atoms with Crippen LogP contribution in [0.2, 0.25) is 5.02 Å². The first-order valence-corrected chi connectivity index (χ1v) is 10.5. The Morgan fingerprint density at radius 1 is 1.26 bits per heavy atom. The van der Waals surface area contributed by atoms with Crippen LogP contribution in [0.4, 0.5) is 23.8 Å². The summed E-state index contributed by atoms with van der Waals surface area (Å²) in [7, 11) is 0. The summed E-state index contributed by atoms with van der Waals surface area (Å²) in [5.41, 5.74) is 3.79. The maximum Gasteiger partial charge on any atom is 0.418 e. The molecule has 1 fully saturated rings. The van der Waals surface area contributed by atoms with E-state index in [1.165, 1.54) is 30.3 Å². The number of aryl methyl sites for hydroxylation is 1. The normalized spacial score (nSPS) is 15.8. The maximum atomic E-state index is 13.8. The minimum absolute atomic E-state index is 0.00625. The molecule has 1 aliphatic heterocycles. The van der Waals surface area contributed by atoms with Crippen molar-refractivity contribution in [1.29, 1.82) is 5.26 Å². The molecule has 0 saturated carbocycles. The summed E-state index contributed by atoms with van der Waals surface area (Å²) in [4.78, 5) is 24.9. The van der Waals surface area contributed by atoms with Crippen LogP contribution < -0.4 is 5.73 Å². The zero-order chi connectivity index (χ0) is 24.8. The van der Waals surface area contributed by atoms with E-state index in [4.69, 9.17) is 17.3 Å². The number of aromatic nitrogens is 3. The van der Waals surface area contributed by atoms with Crippen molar-refractivity contribution >= 4 is 34.4 Å². The van der Waals surface area contributed by atoms with Crippen molar-refractivity contribution in [2.45, 2.75) is 31.4 Å². The number of amides is 1. The summed E-state index contributed by atoms with van der Waals surface area (Å²) in [5, 5.41) is 19.6. The Kier molecular flexibility index (Phi) is 5.73. The van der Waals surface area contributed by atoms with E-state index in [1.807, 2.05) is 0 Å². The van der Waals surface area contributed by atoms with Gasteiger partial charge in [0.15, 0.2) is 0 Å². The third-order valence-corrected chi connectivity index (χ3v) is 6.37. The number of nitrogens with two attached hydrogens (primary N) is 1. The minimum atomic E-state index is -4.70. The molecule has 4 rings (SSSR count). The van der Waals surface area contributed by atoms with Crippen LogP contribution in [0.15, 0.2) is 24.5 Å². The molecule has 2 aromatic heterocycles. The lowest BCUT2D eigenvalue weighted by atomic mass is 9.75. The molecule has 0 radical (unpaired) electrons. The SMILES string of the molecule is Cc1cc(N)nc(-c2cc3ncnc(C4(C#N)CCN(C(=O)O)CC4)c3cc2Cl)c1C(F)(F)F. The Bertz CT molecular complexity index is 1350. The van der Waals surface area contributed by atoms with Gasteiger partial charge >= 0.3 is 12.3 Å². The van der Waals surface area contributed by atoms with E-state index in [1.54, 1.807) is 0 Å². The monoisotopic (exact) mass is 490 g/mol. The zero-order valence-corrected chi connectivity index (χ0v) is 18.6. The number of nitrogen functional groups attached to an aromatic ring is 1. The van der Waals surface area contributed by atoms with Crippen molar-refractivity contribution in [3.63, 3.8) is 0 Å². The molecule has 0 atom stereocenters.